The summed E-state index contributed by atoms with van der Waals surface area (Å²) in [5.41, 5.74) is 2.11. The highest BCUT2D eigenvalue weighted by Crippen LogP contribution is 2.35. The summed E-state index contributed by atoms with van der Waals surface area (Å²) in [4.78, 5) is 1.35. The summed E-state index contributed by atoms with van der Waals surface area (Å²) in [5, 5.41) is 9.00. The van der Waals surface area contributed by atoms with Crippen LogP contribution in [0.15, 0.2) is 24.3 Å². The minimum Gasteiger partial charge on any atom is -0.395 e. The third kappa shape index (κ3) is 3.70. The molecule has 1 N–H and O–H groups in total. The molecule has 0 aliphatic heterocycles. The van der Waals surface area contributed by atoms with Gasteiger partial charge in [-0.15, -0.1) is 0 Å². The van der Waals surface area contributed by atoms with Gasteiger partial charge < -0.3 is 5.11 Å². The summed E-state index contributed by atoms with van der Waals surface area (Å²) in [6, 6.07) is 7.42. The van der Waals surface area contributed by atoms with Gasteiger partial charge in [0.05, 0.1) is 13.2 Å². The van der Waals surface area contributed by atoms with Gasteiger partial charge in [0, 0.05) is 12.6 Å². The second-order valence-electron chi connectivity index (χ2n) is 4.92. The summed E-state index contributed by atoms with van der Waals surface area (Å²) < 4.78 is 37.9. The lowest BCUT2D eigenvalue weighted by atomic mass is 9.87. The van der Waals surface area contributed by atoms with Crippen LogP contribution in [0.2, 0.25) is 0 Å². The molecule has 0 aromatic heterocycles. The van der Waals surface area contributed by atoms with Gasteiger partial charge in [-0.05, 0) is 30.4 Å². The fraction of sp³-hybridized carbons (Fsp3) is 0.571. The number of aliphatic hydroxyl groups is 1. The molecule has 5 heteroatoms. The van der Waals surface area contributed by atoms with E-state index in [2.05, 4.69) is 0 Å². The van der Waals surface area contributed by atoms with E-state index in [1.165, 1.54) is 4.90 Å². The molecule has 1 aromatic carbocycles. The summed E-state index contributed by atoms with van der Waals surface area (Å²) >= 11 is 0. The quantitative estimate of drug-likeness (QED) is 0.911. The van der Waals surface area contributed by atoms with Crippen molar-refractivity contribution in [2.24, 2.45) is 0 Å². The largest absolute Gasteiger partial charge is 0.401 e. The van der Waals surface area contributed by atoms with Crippen molar-refractivity contribution in [3.05, 3.63) is 35.4 Å². The van der Waals surface area contributed by atoms with Crippen LogP contribution in [0.3, 0.4) is 0 Å². The fourth-order valence-electron chi connectivity index (χ4n) is 2.81. The first kappa shape index (κ1) is 14.3. The van der Waals surface area contributed by atoms with Crippen molar-refractivity contribution in [2.75, 3.05) is 19.7 Å². The number of nitrogens with zero attached hydrogens (tertiary/aromatic N) is 1. The molecule has 0 amide bonds. The molecule has 106 valence electrons. The zero-order chi connectivity index (χ0) is 13.9. The maximum atomic E-state index is 12.6. The van der Waals surface area contributed by atoms with Gasteiger partial charge in [0.1, 0.15) is 0 Å². The minimum atomic E-state index is -4.23. The number of alkyl halides is 3. The van der Waals surface area contributed by atoms with Crippen LogP contribution in [0, 0.1) is 0 Å². The van der Waals surface area contributed by atoms with Crippen LogP contribution in [0.25, 0.3) is 0 Å². The van der Waals surface area contributed by atoms with E-state index < -0.39 is 12.7 Å². The average molecular weight is 273 g/mol. The van der Waals surface area contributed by atoms with Crippen molar-refractivity contribution >= 4 is 0 Å². The molecule has 1 aromatic rings. The Hall–Kier alpha value is -1.07. The van der Waals surface area contributed by atoms with Gasteiger partial charge in [0.15, 0.2) is 0 Å². The summed E-state index contributed by atoms with van der Waals surface area (Å²) in [7, 11) is 0. The van der Waals surface area contributed by atoms with E-state index in [4.69, 9.17) is 5.11 Å². The van der Waals surface area contributed by atoms with Crippen LogP contribution in [0.4, 0.5) is 13.2 Å². The molecule has 2 nitrogen and oxygen atoms in total. The standard InChI is InChI=1S/C14H18F3NO/c15-14(16,17)10-18(8-9-19)13-7-3-5-11-4-1-2-6-12(11)13/h1-2,4,6,13,19H,3,5,7-10H2. The summed E-state index contributed by atoms with van der Waals surface area (Å²) in [5.74, 6) is 0. The maximum absolute atomic E-state index is 12.6. The van der Waals surface area contributed by atoms with Crippen LogP contribution in [-0.4, -0.2) is 35.9 Å². The van der Waals surface area contributed by atoms with Gasteiger partial charge in [-0.2, -0.15) is 13.2 Å². The number of aryl methyl sites for hydroxylation is 1. The highest BCUT2D eigenvalue weighted by Gasteiger charge is 2.35. The second-order valence-corrected chi connectivity index (χ2v) is 4.92. The van der Waals surface area contributed by atoms with E-state index >= 15 is 0 Å². The Labute approximate surface area is 110 Å². The van der Waals surface area contributed by atoms with Crippen LogP contribution in [0.5, 0.6) is 0 Å². The van der Waals surface area contributed by atoms with Gasteiger partial charge in [-0.3, -0.25) is 4.90 Å². The molecule has 0 radical (unpaired) electrons. The zero-order valence-electron chi connectivity index (χ0n) is 10.7. The Balaban J connectivity index is 2.23. The number of rotatable bonds is 4. The van der Waals surface area contributed by atoms with E-state index in [1.54, 1.807) is 0 Å². The Bertz CT molecular complexity index is 419. The second kappa shape index (κ2) is 5.92. The van der Waals surface area contributed by atoms with Crippen molar-refractivity contribution in [1.82, 2.24) is 4.90 Å². The van der Waals surface area contributed by atoms with Gasteiger partial charge in [-0.1, -0.05) is 24.3 Å². The number of halogens is 3. The predicted octanol–water partition coefficient (Wildman–Crippen LogP) is 2.92. The van der Waals surface area contributed by atoms with Crippen molar-refractivity contribution < 1.29 is 18.3 Å². The molecule has 0 saturated carbocycles. The fourth-order valence-corrected chi connectivity index (χ4v) is 2.81. The SMILES string of the molecule is OCCN(CC(F)(F)F)C1CCCc2ccccc21. The van der Waals surface area contributed by atoms with Crippen LogP contribution >= 0.6 is 0 Å². The Morgan fingerprint density at radius 1 is 1.26 bits per heavy atom. The molecule has 0 spiro atoms. The first-order valence-corrected chi connectivity index (χ1v) is 6.51. The first-order chi connectivity index (χ1) is 9.01. The van der Waals surface area contributed by atoms with Crippen LogP contribution in [-0.2, 0) is 6.42 Å². The molecule has 1 aliphatic rings. The number of fused-ring (bicyclic) bond motifs is 1. The normalized spacial score (nSPS) is 19.5. The molecule has 0 fully saturated rings. The third-order valence-electron chi connectivity index (χ3n) is 3.55. The average Bonchev–Trinajstić information content (AvgIpc) is 2.36. The van der Waals surface area contributed by atoms with Gasteiger partial charge in [0.2, 0.25) is 0 Å². The van der Waals surface area contributed by atoms with E-state index in [9.17, 15) is 13.2 Å². The van der Waals surface area contributed by atoms with E-state index in [0.29, 0.717) is 6.42 Å². The predicted molar refractivity (Wildman–Crippen MR) is 66.8 cm³/mol. The topological polar surface area (TPSA) is 23.5 Å². The maximum Gasteiger partial charge on any atom is 0.401 e. The molecule has 1 atom stereocenters. The third-order valence-corrected chi connectivity index (χ3v) is 3.55. The molecular formula is C14H18F3NO. The Morgan fingerprint density at radius 3 is 2.68 bits per heavy atom. The highest BCUT2D eigenvalue weighted by atomic mass is 19.4. The molecule has 1 aliphatic carbocycles. The van der Waals surface area contributed by atoms with Gasteiger partial charge in [-0.25, -0.2) is 0 Å². The number of aliphatic hydroxyl groups excluding tert-OH is 1. The molecule has 0 heterocycles. The monoisotopic (exact) mass is 273 g/mol. The molecule has 2 rings (SSSR count). The smallest absolute Gasteiger partial charge is 0.395 e. The number of hydrogen-bond donors (Lipinski definition) is 1. The molecular weight excluding hydrogens is 255 g/mol. The lowest BCUT2D eigenvalue weighted by molar-refractivity contribution is -0.152. The summed E-state index contributed by atoms with van der Waals surface area (Å²) in [6.45, 7) is -1.17. The first-order valence-electron chi connectivity index (χ1n) is 6.51. The number of hydrogen-bond acceptors (Lipinski definition) is 2. The van der Waals surface area contributed by atoms with Crippen LogP contribution < -0.4 is 0 Å². The lowest BCUT2D eigenvalue weighted by Gasteiger charge is -2.36. The van der Waals surface area contributed by atoms with Gasteiger partial charge in [0.25, 0.3) is 0 Å². The van der Waals surface area contributed by atoms with Crippen LogP contribution in [0.1, 0.15) is 30.0 Å². The van der Waals surface area contributed by atoms with Crippen molar-refractivity contribution in [3.63, 3.8) is 0 Å². The van der Waals surface area contributed by atoms with Crippen molar-refractivity contribution in [2.45, 2.75) is 31.5 Å². The van der Waals surface area contributed by atoms with E-state index in [-0.39, 0.29) is 19.2 Å². The van der Waals surface area contributed by atoms with E-state index in [1.807, 2.05) is 24.3 Å². The highest BCUT2D eigenvalue weighted by molar-refractivity contribution is 5.32. The summed E-state index contributed by atoms with van der Waals surface area (Å²) in [6.07, 6.45) is -1.71. The molecule has 0 saturated heterocycles. The van der Waals surface area contributed by atoms with E-state index in [0.717, 1.165) is 24.0 Å². The molecule has 0 bridgehead atoms. The number of benzene rings is 1. The zero-order valence-corrected chi connectivity index (χ0v) is 10.7. The Kier molecular flexibility index (Phi) is 4.47. The lowest BCUT2D eigenvalue weighted by Crippen LogP contribution is -2.40. The van der Waals surface area contributed by atoms with Crippen molar-refractivity contribution in [1.29, 1.82) is 0 Å². The minimum absolute atomic E-state index is 0.0541. The Morgan fingerprint density at radius 2 is 2.00 bits per heavy atom. The van der Waals surface area contributed by atoms with Gasteiger partial charge >= 0.3 is 6.18 Å². The van der Waals surface area contributed by atoms with Crippen molar-refractivity contribution in [3.8, 4) is 0 Å². The molecule has 19 heavy (non-hydrogen) atoms. The molecule has 1 unspecified atom stereocenters.